The summed E-state index contributed by atoms with van der Waals surface area (Å²) in [6.45, 7) is -0.259. The quantitative estimate of drug-likeness (QED) is 0.766. The minimum atomic E-state index is -3.91. The van der Waals surface area contributed by atoms with Gasteiger partial charge in [-0.3, -0.25) is 0 Å². The molecule has 0 bridgehead atoms. The average Bonchev–Trinajstić information content (AvgIpc) is 2.37. The Bertz CT molecular complexity index is 583. The van der Waals surface area contributed by atoms with E-state index in [1.807, 2.05) is 0 Å². The van der Waals surface area contributed by atoms with Crippen molar-refractivity contribution in [1.29, 1.82) is 5.26 Å². The first kappa shape index (κ1) is 15.5. The zero-order chi connectivity index (χ0) is 14.5. The fraction of sp³-hybridized carbons (Fsp3) is 0.364. The van der Waals surface area contributed by atoms with Gasteiger partial charge < -0.3 is 9.84 Å². The van der Waals surface area contributed by atoms with E-state index in [9.17, 15) is 17.9 Å². The van der Waals surface area contributed by atoms with Crippen molar-refractivity contribution in [2.45, 2.75) is 11.0 Å². The van der Waals surface area contributed by atoms with Gasteiger partial charge in [0.05, 0.1) is 23.2 Å². The number of aliphatic hydroxyl groups excluding tert-OH is 1. The molecule has 19 heavy (non-hydrogen) atoms. The number of aliphatic hydroxyl groups is 1. The molecule has 1 unspecified atom stereocenters. The van der Waals surface area contributed by atoms with Gasteiger partial charge in [-0.15, -0.1) is 0 Å². The zero-order valence-corrected chi connectivity index (χ0v) is 10.9. The van der Waals surface area contributed by atoms with Gasteiger partial charge in [-0.25, -0.2) is 17.5 Å². The van der Waals surface area contributed by atoms with Gasteiger partial charge in [0.15, 0.2) is 0 Å². The Morgan fingerprint density at radius 2 is 2.26 bits per heavy atom. The van der Waals surface area contributed by atoms with E-state index >= 15 is 0 Å². The van der Waals surface area contributed by atoms with Crippen LogP contribution < -0.4 is 4.72 Å². The molecule has 1 atom stereocenters. The van der Waals surface area contributed by atoms with Gasteiger partial charge in [-0.1, -0.05) is 0 Å². The number of nitriles is 1. The summed E-state index contributed by atoms with van der Waals surface area (Å²) in [5.41, 5.74) is -0.361. The molecule has 104 valence electrons. The lowest BCUT2D eigenvalue weighted by atomic mass is 10.2. The number of rotatable bonds is 6. The second-order valence-corrected chi connectivity index (χ2v) is 5.48. The summed E-state index contributed by atoms with van der Waals surface area (Å²) < 4.78 is 43.5. The SMILES string of the molecule is COCC(O)CNS(=O)(=O)c1ccc(F)c(C#N)c1. The monoisotopic (exact) mass is 288 g/mol. The van der Waals surface area contributed by atoms with Crippen molar-refractivity contribution < 1.29 is 22.7 Å². The number of hydrogen-bond donors (Lipinski definition) is 2. The molecule has 2 N–H and O–H groups in total. The highest BCUT2D eigenvalue weighted by Gasteiger charge is 2.17. The van der Waals surface area contributed by atoms with Crippen molar-refractivity contribution in [1.82, 2.24) is 4.72 Å². The normalized spacial score (nSPS) is 12.9. The maximum absolute atomic E-state index is 13.1. The molecule has 6 nitrogen and oxygen atoms in total. The fourth-order valence-corrected chi connectivity index (χ4v) is 2.40. The summed E-state index contributed by atoms with van der Waals surface area (Å²) in [5, 5.41) is 18.0. The number of benzene rings is 1. The number of nitrogens with zero attached hydrogens (tertiary/aromatic N) is 1. The molecule has 1 aromatic rings. The van der Waals surface area contributed by atoms with Crippen molar-refractivity contribution in [2.24, 2.45) is 0 Å². The van der Waals surface area contributed by atoms with E-state index in [2.05, 4.69) is 9.46 Å². The summed E-state index contributed by atoms with van der Waals surface area (Å²) in [7, 11) is -2.53. The molecule has 1 rings (SSSR count). The van der Waals surface area contributed by atoms with Gasteiger partial charge in [0.25, 0.3) is 0 Å². The third-order valence-electron chi connectivity index (χ3n) is 2.24. The van der Waals surface area contributed by atoms with Crippen LogP contribution in [0, 0.1) is 17.1 Å². The van der Waals surface area contributed by atoms with Gasteiger partial charge in [0.2, 0.25) is 10.0 Å². The maximum atomic E-state index is 13.1. The van der Waals surface area contributed by atoms with Crippen LogP contribution in [0.15, 0.2) is 23.1 Å². The molecule has 0 radical (unpaired) electrons. The highest BCUT2D eigenvalue weighted by Crippen LogP contribution is 2.14. The molecule has 0 aliphatic rings. The van der Waals surface area contributed by atoms with E-state index in [1.165, 1.54) is 7.11 Å². The molecular formula is C11H13FN2O4S. The van der Waals surface area contributed by atoms with Crippen molar-refractivity contribution in [3.63, 3.8) is 0 Å². The highest BCUT2D eigenvalue weighted by molar-refractivity contribution is 7.89. The van der Waals surface area contributed by atoms with E-state index in [0.717, 1.165) is 18.2 Å². The Kier molecular flexibility index (Phi) is 5.38. The lowest BCUT2D eigenvalue weighted by Gasteiger charge is -2.11. The van der Waals surface area contributed by atoms with E-state index < -0.39 is 21.9 Å². The summed E-state index contributed by atoms with van der Waals surface area (Å²) in [5.74, 6) is -0.791. The summed E-state index contributed by atoms with van der Waals surface area (Å²) >= 11 is 0. The molecule has 1 aromatic carbocycles. The third kappa shape index (κ3) is 4.25. The number of nitrogens with one attached hydrogen (secondary N) is 1. The van der Waals surface area contributed by atoms with Crippen LogP contribution in [0.1, 0.15) is 5.56 Å². The minimum absolute atomic E-state index is 0.0185. The van der Waals surface area contributed by atoms with Crippen molar-refractivity contribution in [3.8, 4) is 6.07 Å². The van der Waals surface area contributed by atoms with E-state index in [0.29, 0.717) is 0 Å². The molecule has 8 heteroatoms. The van der Waals surface area contributed by atoms with Crippen molar-refractivity contribution >= 4 is 10.0 Å². The second kappa shape index (κ2) is 6.58. The largest absolute Gasteiger partial charge is 0.389 e. The predicted molar refractivity (Wildman–Crippen MR) is 64.2 cm³/mol. The topological polar surface area (TPSA) is 99.4 Å². The van der Waals surface area contributed by atoms with Crippen LogP contribution >= 0.6 is 0 Å². The number of ether oxygens (including phenoxy) is 1. The Balaban J connectivity index is 2.86. The number of methoxy groups -OCH3 is 1. The van der Waals surface area contributed by atoms with Crippen molar-refractivity contribution in [2.75, 3.05) is 20.3 Å². The molecule has 0 amide bonds. The lowest BCUT2D eigenvalue weighted by molar-refractivity contribution is 0.0679. The molecule has 0 aromatic heterocycles. The van der Waals surface area contributed by atoms with Gasteiger partial charge in [-0.2, -0.15) is 5.26 Å². The van der Waals surface area contributed by atoms with Crippen LogP contribution in [-0.4, -0.2) is 39.9 Å². The number of hydrogen-bond acceptors (Lipinski definition) is 5. The second-order valence-electron chi connectivity index (χ2n) is 3.71. The molecule has 0 saturated heterocycles. The van der Waals surface area contributed by atoms with Crippen LogP contribution in [0.25, 0.3) is 0 Å². The predicted octanol–water partition coefficient (Wildman–Crippen LogP) is -0.0170. The van der Waals surface area contributed by atoms with Gasteiger partial charge in [0.1, 0.15) is 11.9 Å². The maximum Gasteiger partial charge on any atom is 0.240 e. The zero-order valence-electron chi connectivity index (χ0n) is 10.1. The van der Waals surface area contributed by atoms with Gasteiger partial charge in [-0.05, 0) is 18.2 Å². The number of sulfonamides is 1. The Morgan fingerprint density at radius 3 is 2.84 bits per heavy atom. The highest BCUT2D eigenvalue weighted by atomic mass is 32.2. The Morgan fingerprint density at radius 1 is 1.58 bits per heavy atom. The summed E-state index contributed by atoms with van der Waals surface area (Å²) in [4.78, 5) is -0.241. The fourth-order valence-electron chi connectivity index (χ4n) is 1.30. The van der Waals surface area contributed by atoms with Crippen LogP contribution in [0.3, 0.4) is 0 Å². The first-order valence-electron chi connectivity index (χ1n) is 5.27. The Hall–Kier alpha value is -1.53. The van der Waals surface area contributed by atoms with Crippen LogP contribution in [0.5, 0.6) is 0 Å². The standard InChI is InChI=1S/C11H13FN2O4S/c1-18-7-9(15)6-14-19(16,17)10-2-3-11(12)8(4-10)5-13/h2-4,9,14-15H,6-7H2,1H3. The number of halogens is 1. The summed E-state index contributed by atoms with van der Waals surface area (Å²) in [6.07, 6.45) is -0.990. The smallest absolute Gasteiger partial charge is 0.240 e. The molecule has 0 spiro atoms. The first-order valence-corrected chi connectivity index (χ1v) is 6.75. The van der Waals surface area contributed by atoms with Crippen LogP contribution in [0.4, 0.5) is 4.39 Å². The molecular weight excluding hydrogens is 275 g/mol. The van der Waals surface area contributed by atoms with Gasteiger partial charge >= 0.3 is 0 Å². The molecule has 0 saturated carbocycles. The average molecular weight is 288 g/mol. The third-order valence-corrected chi connectivity index (χ3v) is 3.66. The summed E-state index contributed by atoms with van der Waals surface area (Å²) in [6, 6.07) is 4.43. The van der Waals surface area contributed by atoms with E-state index in [4.69, 9.17) is 5.26 Å². The van der Waals surface area contributed by atoms with Crippen LogP contribution in [0.2, 0.25) is 0 Å². The van der Waals surface area contributed by atoms with E-state index in [1.54, 1.807) is 6.07 Å². The Labute approximate surface area is 110 Å². The van der Waals surface area contributed by atoms with E-state index in [-0.39, 0.29) is 23.6 Å². The lowest BCUT2D eigenvalue weighted by Crippen LogP contribution is -2.34. The van der Waals surface area contributed by atoms with Crippen molar-refractivity contribution in [3.05, 3.63) is 29.6 Å². The molecule has 0 heterocycles. The molecule has 0 fully saturated rings. The van der Waals surface area contributed by atoms with Crippen LogP contribution in [-0.2, 0) is 14.8 Å². The first-order chi connectivity index (χ1) is 8.90. The molecule has 0 aliphatic heterocycles. The minimum Gasteiger partial charge on any atom is -0.389 e. The van der Waals surface area contributed by atoms with Gasteiger partial charge in [0, 0.05) is 13.7 Å². The molecule has 0 aliphatic carbocycles.